The number of fused-ring (bicyclic) bond motifs is 3. The molecule has 4 heteroatoms. The SMILES string of the molecule is C[C@@H]1C(NC(=O)c2ccc(Cl)cc2)C2CCN1CC2. The first-order valence-corrected chi connectivity index (χ1v) is 7.33. The fourth-order valence-electron chi connectivity index (χ4n) is 3.38. The zero-order valence-corrected chi connectivity index (χ0v) is 11.9. The molecule has 3 nitrogen and oxygen atoms in total. The first-order valence-electron chi connectivity index (χ1n) is 6.95. The lowest BCUT2D eigenvalue weighted by Gasteiger charge is -2.49. The number of amides is 1. The maximum Gasteiger partial charge on any atom is 0.251 e. The Morgan fingerprint density at radius 3 is 2.47 bits per heavy atom. The van der Waals surface area contributed by atoms with E-state index in [1.165, 1.54) is 25.9 Å². The topological polar surface area (TPSA) is 32.3 Å². The summed E-state index contributed by atoms with van der Waals surface area (Å²) in [6.45, 7) is 4.58. The van der Waals surface area contributed by atoms with Gasteiger partial charge in [-0.25, -0.2) is 0 Å². The van der Waals surface area contributed by atoms with Crippen molar-refractivity contribution in [2.24, 2.45) is 5.92 Å². The summed E-state index contributed by atoms with van der Waals surface area (Å²) in [6, 6.07) is 7.81. The predicted molar refractivity (Wildman–Crippen MR) is 76.5 cm³/mol. The van der Waals surface area contributed by atoms with E-state index in [4.69, 9.17) is 11.6 Å². The Kier molecular flexibility index (Phi) is 3.50. The van der Waals surface area contributed by atoms with E-state index >= 15 is 0 Å². The van der Waals surface area contributed by atoms with Gasteiger partial charge in [0.25, 0.3) is 5.91 Å². The largest absolute Gasteiger partial charge is 0.347 e. The van der Waals surface area contributed by atoms with Crippen molar-refractivity contribution in [2.45, 2.75) is 31.8 Å². The monoisotopic (exact) mass is 278 g/mol. The number of benzene rings is 1. The summed E-state index contributed by atoms with van der Waals surface area (Å²) < 4.78 is 0. The average Bonchev–Trinajstić information content (AvgIpc) is 2.44. The molecule has 0 aromatic heterocycles. The van der Waals surface area contributed by atoms with Gasteiger partial charge < -0.3 is 5.32 Å². The first kappa shape index (κ1) is 12.9. The molecule has 3 aliphatic heterocycles. The van der Waals surface area contributed by atoms with Crippen molar-refractivity contribution in [3.05, 3.63) is 34.9 Å². The Morgan fingerprint density at radius 2 is 1.89 bits per heavy atom. The Bertz CT molecular complexity index is 464. The Hall–Kier alpha value is -1.06. The van der Waals surface area contributed by atoms with Gasteiger partial charge >= 0.3 is 0 Å². The fourth-order valence-corrected chi connectivity index (χ4v) is 3.51. The van der Waals surface area contributed by atoms with Crippen molar-refractivity contribution < 1.29 is 4.79 Å². The molecule has 1 amide bonds. The molecule has 2 bridgehead atoms. The van der Waals surface area contributed by atoms with Crippen molar-refractivity contribution in [3.63, 3.8) is 0 Å². The standard InChI is InChI=1S/C15H19ClN2O/c1-10-14(11-6-8-18(10)9-7-11)17-15(19)12-2-4-13(16)5-3-12/h2-5,10-11,14H,6-9H2,1H3,(H,17,19)/t10-,14?/m1/s1. The van der Waals surface area contributed by atoms with Crippen LogP contribution in [-0.4, -0.2) is 36.0 Å². The van der Waals surface area contributed by atoms with E-state index in [-0.39, 0.29) is 11.9 Å². The minimum atomic E-state index is 0.0160. The number of carbonyl (C=O) groups is 1. The van der Waals surface area contributed by atoms with E-state index in [9.17, 15) is 4.79 Å². The molecule has 1 aromatic carbocycles. The first-order chi connectivity index (χ1) is 9.15. The molecule has 2 atom stereocenters. The number of piperidine rings is 3. The zero-order valence-electron chi connectivity index (χ0n) is 11.1. The van der Waals surface area contributed by atoms with E-state index < -0.39 is 0 Å². The predicted octanol–water partition coefficient (Wildman–Crippen LogP) is 2.55. The fraction of sp³-hybridized carbons (Fsp3) is 0.533. The van der Waals surface area contributed by atoms with Crippen LogP contribution in [0, 0.1) is 5.92 Å². The Balaban J connectivity index is 1.71. The molecule has 0 spiro atoms. The highest BCUT2D eigenvalue weighted by Gasteiger charge is 2.40. The molecule has 0 aliphatic carbocycles. The summed E-state index contributed by atoms with van der Waals surface area (Å²) >= 11 is 5.84. The number of hydrogen-bond acceptors (Lipinski definition) is 2. The maximum absolute atomic E-state index is 12.3. The molecule has 0 saturated carbocycles. The Morgan fingerprint density at radius 1 is 1.26 bits per heavy atom. The average molecular weight is 279 g/mol. The van der Waals surface area contributed by atoms with Gasteiger partial charge in [-0.1, -0.05) is 11.6 Å². The summed E-state index contributed by atoms with van der Waals surface area (Å²) in [5.41, 5.74) is 0.688. The molecule has 3 aliphatic rings. The van der Waals surface area contributed by atoms with Crippen LogP contribution < -0.4 is 5.32 Å². The second-order valence-electron chi connectivity index (χ2n) is 5.62. The van der Waals surface area contributed by atoms with Crippen LogP contribution in [0.3, 0.4) is 0 Å². The molecule has 1 unspecified atom stereocenters. The molecule has 1 N–H and O–H groups in total. The molecule has 0 radical (unpaired) electrons. The highest BCUT2D eigenvalue weighted by molar-refractivity contribution is 6.30. The smallest absolute Gasteiger partial charge is 0.251 e. The van der Waals surface area contributed by atoms with Gasteiger partial charge in [0, 0.05) is 22.7 Å². The van der Waals surface area contributed by atoms with Crippen LogP contribution in [0.4, 0.5) is 0 Å². The van der Waals surface area contributed by atoms with Crippen LogP contribution >= 0.6 is 11.6 Å². The number of hydrogen-bond donors (Lipinski definition) is 1. The lowest BCUT2D eigenvalue weighted by atomic mass is 9.79. The van der Waals surface area contributed by atoms with Crippen LogP contribution in [0.2, 0.25) is 5.02 Å². The summed E-state index contributed by atoms with van der Waals surface area (Å²) in [5.74, 6) is 0.651. The summed E-state index contributed by atoms with van der Waals surface area (Å²) in [7, 11) is 0. The van der Waals surface area contributed by atoms with Gasteiger partial charge in [-0.3, -0.25) is 9.69 Å². The molecule has 4 rings (SSSR count). The molecule has 3 fully saturated rings. The number of halogens is 1. The van der Waals surface area contributed by atoms with Crippen molar-refractivity contribution >= 4 is 17.5 Å². The molecule has 1 aromatic rings. The molecular formula is C15H19ClN2O. The lowest BCUT2D eigenvalue weighted by Crippen LogP contribution is -2.62. The minimum Gasteiger partial charge on any atom is -0.347 e. The third kappa shape index (κ3) is 2.49. The van der Waals surface area contributed by atoms with E-state index in [2.05, 4.69) is 17.1 Å². The van der Waals surface area contributed by atoms with Gasteiger partial charge in [-0.15, -0.1) is 0 Å². The van der Waals surface area contributed by atoms with Gasteiger partial charge in [0.1, 0.15) is 0 Å². The van der Waals surface area contributed by atoms with Gasteiger partial charge in [0.2, 0.25) is 0 Å². The quantitative estimate of drug-likeness (QED) is 0.902. The Labute approximate surface area is 118 Å². The van der Waals surface area contributed by atoms with Crippen molar-refractivity contribution in [1.82, 2.24) is 10.2 Å². The van der Waals surface area contributed by atoms with Crippen LogP contribution in [0.25, 0.3) is 0 Å². The van der Waals surface area contributed by atoms with Crippen LogP contribution in [0.15, 0.2) is 24.3 Å². The van der Waals surface area contributed by atoms with Gasteiger partial charge in [0.15, 0.2) is 0 Å². The van der Waals surface area contributed by atoms with E-state index in [1.807, 2.05) is 0 Å². The van der Waals surface area contributed by atoms with E-state index in [1.54, 1.807) is 24.3 Å². The van der Waals surface area contributed by atoms with Crippen LogP contribution in [-0.2, 0) is 0 Å². The molecular weight excluding hydrogens is 260 g/mol. The number of carbonyl (C=O) groups excluding carboxylic acids is 1. The third-order valence-corrected chi connectivity index (χ3v) is 4.83. The number of nitrogens with zero attached hydrogens (tertiary/aromatic N) is 1. The van der Waals surface area contributed by atoms with Crippen LogP contribution in [0.1, 0.15) is 30.1 Å². The van der Waals surface area contributed by atoms with Gasteiger partial charge in [-0.05, 0) is 63.0 Å². The van der Waals surface area contributed by atoms with Crippen LogP contribution in [0.5, 0.6) is 0 Å². The summed E-state index contributed by atoms with van der Waals surface area (Å²) in [6.07, 6.45) is 2.41. The van der Waals surface area contributed by atoms with Crippen molar-refractivity contribution in [2.75, 3.05) is 13.1 Å². The second-order valence-corrected chi connectivity index (χ2v) is 6.06. The number of nitrogens with one attached hydrogen (secondary N) is 1. The second kappa shape index (κ2) is 5.14. The van der Waals surface area contributed by atoms with Crippen molar-refractivity contribution in [3.8, 4) is 0 Å². The van der Waals surface area contributed by atoms with Gasteiger partial charge in [0.05, 0.1) is 0 Å². The van der Waals surface area contributed by atoms with E-state index in [0.29, 0.717) is 22.5 Å². The highest BCUT2D eigenvalue weighted by atomic mass is 35.5. The summed E-state index contributed by atoms with van der Waals surface area (Å²) in [5, 5.41) is 3.87. The van der Waals surface area contributed by atoms with Gasteiger partial charge in [-0.2, -0.15) is 0 Å². The molecule has 19 heavy (non-hydrogen) atoms. The normalized spacial score (nSPS) is 33.2. The number of rotatable bonds is 2. The molecule has 3 saturated heterocycles. The maximum atomic E-state index is 12.3. The lowest BCUT2D eigenvalue weighted by molar-refractivity contribution is 0.0217. The van der Waals surface area contributed by atoms with Crippen molar-refractivity contribution in [1.29, 1.82) is 0 Å². The molecule has 3 heterocycles. The zero-order chi connectivity index (χ0) is 13.4. The third-order valence-electron chi connectivity index (χ3n) is 4.58. The molecule has 102 valence electrons. The highest BCUT2D eigenvalue weighted by Crippen LogP contribution is 2.32. The van der Waals surface area contributed by atoms with E-state index in [0.717, 1.165) is 0 Å². The minimum absolute atomic E-state index is 0.0160. The summed E-state index contributed by atoms with van der Waals surface area (Å²) in [4.78, 5) is 14.8.